The van der Waals surface area contributed by atoms with Crippen molar-refractivity contribution >= 4 is 23.8 Å². The van der Waals surface area contributed by atoms with E-state index in [0.717, 1.165) is 28.0 Å². The maximum Gasteiger partial charge on any atom is 0.407 e. The molecule has 1 unspecified atom stereocenters. The summed E-state index contributed by atoms with van der Waals surface area (Å²) in [5.74, 6) is 5.58. The lowest BCUT2D eigenvalue weighted by atomic mass is 9.98. The average molecular weight is 410 g/mol. The fourth-order valence-electron chi connectivity index (χ4n) is 3.41. The number of hydrogen-bond donors (Lipinski definition) is 2. The summed E-state index contributed by atoms with van der Waals surface area (Å²) in [6, 6.07) is 15.1. The van der Waals surface area contributed by atoms with Crippen LogP contribution in [-0.4, -0.2) is 41.3 Å². The number of nitrogens with one attached hydrogen (secondary N) is 1. The Hall–Kier alpha value is -2.91. The third-order valence-corrected chi connectivity index (χ3v) is 5.83. The number of alkyl carbamates (subject to hydrolysis) is 1. The standard InChI is InChI=1S/C23H23NO4S/c1-2-3-8-13-29-15-21(22(25)26)24-23(27)28-14-20-18-11-6-4-9-16(18)17-10-5-7-12-19(17)20/h4-7,9-12,20-21H,8,13-15H2,1H3,(H,24,27)(H,25,26). The molecule has 2 N–H and O–H groups in total. The van der Waals surface area contributed by atoms with Crippen molar-refractivity contribution in [1.82, 2.24) is 5.32 Å². The van der Waals surface area contributed by atoms with Gasteiger partial charge in [-0.3, -0.25) is 0 Å². The highest BCUT2D eigenvalue weighted by molar-refractivity contribution is 7.99. The molecular weight excluding hydrogens is 386 g/mol. The zero-order valence-corrected chi connectivity index (χ0v) is 17.0. The SMILES string of the molecule is CC#CCCSCC(NC(=O)OCC1c2ccccc2-c2ccccc21)C(=O)O. The Labute approximate surface area is 174 Å². The molecule has 0 fully saturated rings. The molecule has 2 aromatic rings. The molecule has 29 heavy (non-hydrogen) atoms. The maximum absolute atomic E-state index is 12.2. The van der Waals surface area contributed by atoms with Crippen molar-refractivity contribution in [2.75, 3.05) is 18.1 Å². The van der Waals surface area contributed by atoms with Crippen molar-refractivity contribution in [3.8, 4) is 23.0 Å². The normalized spacial score (nSPS) is 12.9. The number of aliphatic carboxylic acids is 1. The molecule has 2 aromatic carbocycles. The molecule has 0 saturated heterocycles. The number of amides is 1. The van der Waals surface area contributed by atoms with E-state index in [1.54, 1.807) is 6.92 Å². The molecule has 0 bridgehead atoms. The molecule has 6 heteroatoms. The summed E-state index contributed by atoms with van der Waals surface area (Å²) < 4.78 is 5.42. The maximum atomic E-state index is 12.2. The van der Waals surface area contributed by atoms with Gasteiger partial charge in [0.1, 0.15) is 12.6 Å². The Morgan fingerprint density at radius 1 is 1.14 bits per heavy atom. The number of thioether (sulfide) groups is 1. The highest BCUT2D eigenvalue weighted by Crippen LogP contribution is 2.44. The van der Waals surface area contributed by atoms with Crippen LogP contribution in [0, 0.1) is 11.8 Å². The molecule has 0 saturated carbocycles. The van der Waals surface area contributed by atoms with Crippen LogP contribution in [0.15, 0.2) is 48.5 Å². The van der Waals surface area contributed by atoms with Crippen LogP contribution in [0.5, 0.6) is 0 Å². The van der Waals surface area contributed by atoms with Crippen LogP contribution in [0.25, 0.3) is 11.1 Å². The van der Waals surface area contributed by atoms with Crippen molar-refractivity contribution in [3.63, 3.8) is 0 Å². The second kappa shape index (κ2) is 10.0. The van der Waals surface area contributed by atoms with Gasteiger partial charge in [0.05, 0.1) is 0 Å². The first-order valence-electron chi connectivity index (χ1n) is 9.43. The molecule has 0 heterocycles. The zero-order valence-electron chi connectivity index (χ0n) is 16.2. The van der Waals surface area contributed by atoms with E-state index in [0.29, 0.717) is 6.42 Å². The van der Waals surface area contributed by atoms with Crippen LogP contribution in [0.4, 0.5) is 4.79 Å². The molecular formula is C23H23NO4S. The van der Waals surface area contributed by atoms with Gasteiger partial charge in [0.25, 0.3) is 0 Å². The monoisotopic (exact) mass is 409 g/mol. The molecule has 1 amide bonds. The topological polar surface area (TPSA) is 75.6 Å². The van der Waals surface area contributed by atoms with Crippen LogP contribution < -0.4 is 5.32 Å². The smallest absolute Gasteiger partial charge is 0.407 e. The highest BCUT2D eigenvalue weighted by Gasteiger charge is 2.29. The number of fused-ring (bicyclic) bond motifs is 3. The summed E-state index contributed by atoms with van der Waals surface area (Å²) in [5, 5.41) is 11.8. The van der Waals surface area contributed by atoms with Gasteiger partial charge in [-0.25, -0.2) is 9.59 Å². The molecule has 150 valence electrons. The Kier molecular flexibility index (Phi) is 7.20. The van der Waals surface area contributed by atoms with Crippen LogP contribution in [-0.2, 0) is 9.53 Å². The summed E-state index contributed by atoms with van der Waals surface area (Å²) >= 11 is 1.44. The van der Waals surface area contributed by atoms with Crippen LogP contribution >= 0.6 is 11.8 Å². The minimum atomic E-state index is -1.08. The van der Waals surface area contributed by atoms with E-state index >= 15 is 0 Å². The third-order valence-electron chi connectivity index (χ3n) is 4.77. The summed E-state index contributed by atoms with van der Waals surface area (Å²) in [4.78, 5) is 23.7. The Morgan fingerprint density at radius 3 is 2.34 bits per heavy atom. The van der Waals surface area contributed by atoms with E-state index in [-0.39, 0.29) is 18.3 Å². The van der Waals surface area contributed by atoms with Crippen molar-refractivity contribution in [2.45, 2.75) is 25.3 Å². The molecule has 1 aliphatic carbocycles. The minimum absolute atomic E-state index is 0.0570. The molecule has 0 spiro atoms. The van der Waals surface area contributed by atoms with Gasteiger partial charge in [0.2, 0.25) is 0 Å². The van der Waals surface area contributed by atoms with E-state index in [1.807, 2.05) is 36.4 Å². The molecule has 3 rings (SSSR count). The largest absolute Gasteiger partial charge is 0.480 e. The third kappa shape index (κ3) is 5.12. The van der Waals surface area contributed by atoms with Crippen LogP contribution in [0.3, 0.4) is 0 Å². The van der Waals surface area contributed by atoms with Crippen molar-refractivity contribution in [1.29, 1.82) is 0 Å². The minimum Gasteiger partial charge on any atom is -0.480 e. The summed E-state index contributed by atoms with van der Waals surface area (Å²) in [7, 11) is 0. The molecule has 5 nitrogen and oxygen atoms in total. The quantitative estimate of drug-likeness (QED) is 0.507. The first-order valence-corrected chi connectivity index (χ1v) is 10.6. The lowest BCUT2D eigenvalue weighted by Crippen LogP contribution is -2.43. The molecule has 0 aromatic heterocycles. The van der Waals surface area contributed by atoms with E-state index in [9.17, 15) is 14.7 Å². The van der Waals surface area contributed by atoms with Gasteiger partial charge >= 0.3 is 12.1 Å². The molecule has 1 atom stereocenters. The number of carboxylic acid groups (broad SMARTS) is 1. The number of benzene rings is 2. The van der Waals surface area contributed by atoms with Crippen molar-refractivity contribution in [3.05, 3.63) is 59.7 Å². The highest BCUT2D eigenvalue weighted by atomic mass is 32.2. The van der Waals surface area contributed by atoms with Gasteiger partial charge < -0.3 is 15.2 Å². The predicted molar refractivity (Wildman–Crippen MR) is 115 cm³/mol. The molecule has 0 aliphatic heterocycles. The lowest BCUT2D eigenvalue weighted by molar-refractivity contribution is -0.138. The summed E-state index contributed by atoms with van der Waals surface area (Å²) in [5.41, 5.74) is 4.52. The van der Waals surface area contributed by atoms with E-state index in [1.165, 1.54) is 11.8 Å². The van der Waals surface area contributed by atoms with Crippen molar-refractivity contribution in [2.24, 2.45) is 0 Å². The van der Waals surface area contributed by atoms with Gasteiger partial charge in [-0.2, -0.15) is 11.8 Å². The number of carboxylic acids is 1. The molecule has 0 radical (unpaired) electrons. The average Bonchev–Trinajstić information content (AvgIpc) is 3.05. The van der Waals surface area contributed by atoms with Crippen molar-refractivity contribution < 1.29 is 19.4 Å². The molecule has 1 aliphatic rings. The van der Waals surface area contributed by atoms with E-state index < -0.39 is 18.1 Å². The number of rotatable bonds is 8. The first-order chi connectivity index (χ1) is 14.1. The van der Waals surface area contributed by atoms with E-state index in [4.69, 9.17) is 4.74 Å². The van der Waals surface area contributed by atoms with Gasteiger partial charge in [-0.1, -0.05) is 48.5 Å². The fourth-order valence-corrected chi connectivity index (χ4v) is 4.28. The summed E-state index contributed by atoms with van der Waals surface area (Å²) in [6.45, 7) is 1.93. The van der Waals surface area contributed by atoms with Crippen LogP contribution in [0.2, 0.25) is 0 Å². The van der Waals surface area contributed by atoms with Gasteiger partial charge in [0, 0.05) is 23.8 Å². The number of ether oxygens (including phenoxy) is 1. The number of hydrogen-bond acceptors (Lipinski definition) is 4. The van der Waals surface area contributed by atoms with Gasteiger partial charge in [0.15, 0.2) is 0 Å². The predicted octanol–water partition coefficient (Wildman–Crippen LogP) is 4.12. The Balaban J connectivity index is 1.58. The number of carbonyl (C=O) groups is 2. The Morgan fingerprint density at radius 2 is 1.76 bits per heavy atom. The number of carbonyl (C=O) groups excluding carboxylic acids is 1. The van der Waals surface area contributed by atoms with Crippen LogP contribution in [0.1, 0.15) is 30.4 Å². The van der Waals surface area contributed by atoms with Gasteiger partial charge in [-0.15, -0.1) is 11.8 Å². The summed E-state index contributed by atoms with van der Waals surface area (Å²) in [6.07, 6.45) is -0.0217. The first kappa shape index (κ1) is 20.8. The zero-order chi connectivity index (χ0) is 20.6. The second-order valence-corrected chi connectivity index (χ2v) is 7.76. The fraction of sp³-hybridized carbons (Fsp3) is 0.304. The second-order valence-electron chi connectivity index (χ2n) is 6.61. The van der Waals surface area contributed by atoms with Gasteiger partial charge in [-0.05, 0) is 29.2 Å². The lowest BCUT2D eigenvalue weighted by Gasteiger charge is -2.17. The Bertz CT molecular complexity index is 902. The van der Waals surface area contributed by atoms with E-state index in [2.05, 4.69) is 29.3 Å².